The third-order valence-electron chi connectivity index (χ3n) is 4.59. The SMILES string of the molecule is Cc1ccc(OC(C)C(=O)N2C[C@@H](N)[C@H](c3ccccc3)C2)cc1.Cl. The Balaban J connectivity index is 0.00000225. The second-order valence-electron chi connectivity index (χ2n) is 6.50. The Morgan fingerprint density at radius 2 is 1.76 bits per heavy atom. The van der Waals surface area contributed by atoms with Crippen molar-refractivity contribution < 1.29 is 9.53 Å². The van der Waals surface area contributed by atoms with Crippen LogP contribution in [0.25, 0.3) is 0 Å². The van der Waals surface area contributed by atoms with E-state index in [1.807, 2.05) is 54.3 Å². The lowest BCUT2D eigenvalue weighted by Crippen LogP contribution is -2.40. The van der Waals surface area contributed by atoms with Crippen molar-refractivity contribution >= 4 is 18.3 Å². The summed E-state index contributed by atoms with van der Waals surface area (Å²) < 4.78 is 5.79. The zero-order valence-corrected chi connectivity index (χ0v) is 15.4. The van der Waals surface area contributed by atoms with Gasteiger partial charge in [0.05, 0.1) is 0 Å². The first-order valence-corrected chi connectivity index (χ1v) is 8.37. The maximum Gasteiger partial charge on any atom is 0.263 e. The van der Waals surface area contributed by atoms with Crippen LogP contribution in [0, 0.1) is 6.92 Å². The second kappa shape index (κ2) is 8.37. The van der Waals surface area contributed by atoms with Crippen molar-refractivity contribution in [2.45, 2.75) is 31.9 Å². The molecule has 2 aromatic carbocycles. The monoisotopic (exact) mass is 360 g/mol. The summed E-state index contributed by atoms with van der Waals surface area (Å²) in [6, 6.07) is 17.9. The lowest BCUT2D eigenvalue weighted by molar-refractivity contribution is -0.136. The molecule has 0 radical (unpaired) electrons. The Labute approximate surface area is 155 Å². The molecule has 1 heterocycles. The number of amides is 1. The van der Waals surface area contributed by atoms with E-state index in [9.17, 15) is 4.79 Å². The number of likely N-dealkylation sites (tertiary alicyclic amines) is 1. The van der Waals surface area contributed by atoms with Gasteiger partial charge in [-0.3, -0.25) is 4.79 Å². The van der Waals surface area contributed by atoms with Crippen LogP contribution in [0.1, 0.15) is 24.0 Å². The van der Waals surface area contributed by atoms with Crippen LogP contribution >= 0.6 is 12.4 Å². The Kier molecular flexibility index (Phi) is 6.45. The summed E-state index contributed by atoms with van der Waals surface area (Å²) >= 11 is 0. The van der Waals surface area contributed by atoms with Crippen LogP contribution in [0.2, 0.25) is 0 Å². The fourth-order valence-electron chi connectivity index (χ4n) is 3.19. The molecule has 0 aromatic heterocycles. The van der Waals surface area contributed by atoms with Crippen molar-refractivity contribution in [3.8, 4) is 5.75 Å². The summed E-state index contributed by atoms with van der Waals surface area (Å²) in [5, 5.41) is 0. The Bertz CT molecular complexity index is 691. The fourth-order valence-corrected chi connectivity index (χ4v) is 3.19. The van der Waals surface area contributed by atoms with Gasteiger partial charge in [-0.25, -0.2) is 0 Å². The molecule has 1 aliphatic rings. The molecule has 5 heteroatoms. The van der Waals surface area contributed by atoms with Gasteiger partial charge in [0.25, 0.3) is 5.91 Å². The maximum atomic E-state index is 12.7. The van der Waals surface area contributed by atoms with Crippen LogP contribution < -0.4 is 10.5 Å². The van der Waals surface area contributed by atoms with Gasteiger partial charge >= 0.3 is 0 Å². The fraction of sp³-hybridized carbons (Fsp3) is 0.350. The number of hydrogen-bond acceptors (Lipinski definition) is 3. The third-order valence-corrected chi connectivity index (χ3v) is 4.59. The van der Waals surface area contributed by atoms with E-state index in [0.29, 0.717) is 18.8 Å². The summed E-state index contributed by atoms with van der Waals surface area (Å²) in [5.74, 6) is 0.885. The number of aryl methyl sites for hydroxylation is 1. The van der Waals surface area contributed by atoms with Crippen LogP contribution in [-0.2, 0) is 4.79 Å². The third kappa shape index (κ3) is 4.53. The zero-order valence-electron chi connectivity index (χ0n) is 14.6. The van der Waals surface area contributed by atoms with E-state index < -0.39 is 6.10 Å². The Morgan fingerprint density at radius 3 is 2.40 bits per heavy atom. The molecule has 3 atom stereocenters. The average molecular weight is 361 g/mol. The maximum absolute atomic E-state index is 12.7. The number of halogens is 1. The summed E-state index contributed by atoms with van der Waals surface area (Å²) in [7, 11) is 0. The minimum Gasteiger partial charge on any atom is -0.481 e. The first-order valence-electron chi connectivity index (χ1n) is 8.37. The lowest BCUT2D eigenvalue weighted by atomic mass is 9.95. The number of nitrogens with two attached hydrogens (primary N) is 1. The topological polar surface area (TPSA) is 55.6 Å². The molecule has 1 aliphatic heterocycles. The highest BCUT2D eigenvalue weighted by Gasteiger charge is 2.35. The molecule has 3 rings (SSSR count). The molecule has 1 fully saturated rings. The van der Waals surface area contributed by atoms with Crippen molar-refractivity contribution in [3.63, 3.8) is 0 Å². The minimum atomic E-state index is -0.519. The summed E-state index contributed by atoms with van der Waals surface area (Å²) in [4.78, 5) is 14.5. The summed E-state index contributed by atoms with van der Waals surface area (Å²) in [5.41, 5.74) is 8.63. The van der Waals surface area contributed by atoms with E-state index >= 15 is 0 Å². The van der Waals surface area contributed by atoms with Gasteiger partial charge in [0.15, 0.2) is 6.10 Å². The number of hydrogen-bond donors (Lipinski definition) is 1. The zero-order chi connectivity index (χ0) is 17.1. The molecule has 1 unspecified atom stereocenters. The van der Waals surface area contributed by atoms with Gasteiger partial charge in [-0.1, -0.05) is 48.0 Å². The second-order valence-corrected chi connectivity index (χ2v) is 6.50. The van der Waals surface area contributed by atoms with E-state index in [0.717, 1.165) is 5.56 Å². The van der Waals surface area contributed by atoms with Gasteiger partial charge in [0.1, 0.15) is 5.75 Å². The van der Waals surface area contributed by atoms with Crippen LogP contribution in [0.5, 0.6) is 5.75 Å². The van der Waals surface area contributed by atoms with E-state index in [4.69, 9.17) is 10.5 Å². The number of carbonyl (C=O) groups is 1. The number of rotatable bonds is 4. The molecule has 2 N–H and O–H groups in total. The first-order chi connectivity index (χ1) is 11.5. The van der Waals surface area contributed by atoms with Gasteiger partial charge in [-0.15, -0.1) is 12.4 Å². The van der Waals surface area contributed by atoms with Crippen LogP contribution in [0.3, 0.4) is 0 Å². The van der Waals surface area contributed by atoms with Crippen molar-refractivity contribution in [1.82, 2.24) is 4.90 Å². The highest BCUT2D eigenvalue weighted by molar-refractivity contribution is 5.85. The highest BCUT2D eigenvalue weighted by Crippen LogP contribution is 2.27. The van der Waals surface area contributed by atoms with E-state index in [-0.39, 0.29) is 30.3 Å². The van der Waals surface area contributed by atoms with Gasteiger partial charge in [-0.05, 0) is 31.5 Å². The van der Waals surface area contributed by atoms with Crippen molar-refractivity contribution in [3.05, 3.63) is 65.7 Å². The number of ether oxygens (including phenoxy) is 1. The van der Waals surface area contributed by atoms with E-state index in [1.165, 1.54) is 5.56 Å². The lowest BCUT2D eigenvalue weighted by Gasteiger charge is -2.22. The van der Waals surface area contributed by atoms with Gasteiger partial charge in [0.2, 0.25) is 0 Å². The largest absolute Gasteiger partial charge is 0.481 e. The van der Waals surface area contributed by atoms with Crippen LogP contribution in [0.4, 0.5) is 0 Å². The van der Waals surface area contributed by atoms with Gasteiger partial charge in [-0.2, -0.15) is 0 Å². The predicted molar refractivity (Wildman–Crippen MR) is 102 cm³/mol. The molecule has 1 amide bonds. The van der Waals surface area contributed by atoms with Crippen LogP contribution in [-0.4, -0.2) is 36.0 Å². The molecule has 0 saturated carbocycles. The highest BCUT2D eigenvalue weighted by atomic mass is 35.5. The average Bonchev–Trinajstić information content (AvgIpc) is 2.99. The number of benzene rings is 2. The standard InChI is InChI=1S/C20H24N2O2.ClH/c1-14-8-10-17(11-9-14)24-15(2)20(23)22-12-18(19(21)13-22)16-6-4-3-5-7-16;/h3-11,15,18-19H,12-13,21H2,1-2H3;1H/t15?,18-,19+;/m0./s1. The number of carbonyl (C=O) groups excluding carboxylic acids is 1. The quantitative estimate of drug-likeness (QED) is 0.911. The van der Waals surface area contributed by atoms with E-state index in [2.05, 4.69) is 12.1 Å². The Morgan fingerprint density at radius 1 is 1.12 bits per heavy atom. The van der Waals surface area contributed by atoms with Crippen molar-refractivity contribution in [1.29, 1.82) is 0 Å². The smallest absolute Gasteiger partial charge is 0.263 e. The molecule has 0 spiro atoms. The Hall–Kier alpha value is -2.04. The molecular weight excluding hydrogens is 336 g/mol. The van der Waals surface area contributed by atoms with Gasteiger partial charge in [0, 0.05) is 25.0 Å². The molecule has 0 bridgehead atoms. The summed E-state index contributed by atoms with van der Waals surface area (Å²) in [6.07, 6.45) is -0.519. The molecule has 0 aliphatic carbocycles. The van der Waals surface area contributed by atoms with Crippen molar-refractivity contribution in [2.24, 2.45) is 5.73 Å². The molecule has 25 heavy (non-hydrogen) atoms. The molecule has 2 aromatic rings. The molecule has 4 nitrogen and oxygen atoms in total. The molecule has 1 saturated heterocycles. The minimum absolute atomic E-state index is 0. The predicted octanol–water partition coefficient (Wildman–Crippen LogP) is 3.14. The molecule has 134 valence electrons. The first kappa shape index (κ1) is 19.3. The normalized spacial score (nSPS) is 20.7. The summed E-state index contributed by atoms with van der Waals surface area (Å²) in [6.45, 7) is 5.03. The number of nitrogens with zero attached hydrogens (tertiary/aromatic N) is 1. The van der Waals surface area contributed by atoms with Crippen LogP contribution in [0.15, 0.2) is 54.6 Å². The van der Waals surface area contributed by atoms with E-state index in [1.54, 1.807) is 6.92 Å². The van der Waals surface area contributed by atoms with Gasteiger partial charge < -0.3 is 15.4 Å². The molecular formula is C20H25ClN2O2. The van der Waals surface area contributed by atoms with Crippen molar-refractivity contribution in [2.75, 3.05) is 13.1 Å².